The van der Waals surface area contributed by atoms with Crippen molar-refractivity contribution in [1.82, 2.24) is 25.0 Å². The normalized spacial score (nSPS) is 10.7. The lowest BCUT2D eigenvalue weighted by molar-refractivity contribution is 0.102. The summed E-state index contributed by atoms with van der Waals surface area (Å²) in [6.45, 7) is 3.84. The van der Waals surface area contributed by atoms with Gasteiger partial charge in [-0.05, 0) is 56.3 Å². The maximum Gasteiger partial charge on any atom is 0.278 e. The zero-order valence-electron chi connectivity index (χ0n) is 20.6. The first-order valence-electron chi connectivity index (χ1n) is 11.0. The summed E-state index contributed by atoms with van der Waals surface area (Å²) < 4.78 is 17.5. The molecular weight excluding hydrogens is 480 g/mol. The number of methoxy groups -OCH3 is 3. The van der Waals surface area contributed by atoms with E-state index >= 15 is 0 Å². The lowest BCUT2D eigenvalue weighted by Crippen LogP contribution is -2.15. The third-order valence-electron chi connectivity index (χ3n) is 5.24. The number of carbonyl (C=O) groups is 1. The van der Waals surface area contributed by atoms with E-state index in [9.17, 15) is 4.79 Å². The summed E-state index contributed by atoms with van der Waals surface area (Å²) in [4.78, 5) is 22.3. The molecule has 186 valence electrons. The van der Waals surface area contributed by atoms with Gasteiger partial charge in [0.05, 0.1) is 32.7 Å². The zero-order valence-corrected chi connectivity index (χ0v) is 21.4. The average molecular weight is 507 g/mol. The van der Waals surface area contributed by atoms with Gasteiger partial charge in [-0.25, -0.2) is 14.6 Å². The molecule has 0 aliphatic heterocycles. The van der Waals surface area contributed by atoms with Crippen LogP contribution in [0.5, 0.6) is 17.2 Å². The Bertz CT molecular complexity index is 1350. The van der Waals surface area contributed by atoms with Gasteiger partial charge in [0.2, 0.25) is 0 Å². The van der Waals surface area contributed by atoms with E-state index in [1.54, 1.807) is 37.1 Å². The largest absolute Gasteiger partial charge is 0.497 e. The molecule has 0 aliphatic carbocycles. The number of aryl methyl sites for hydroxylation is 2. The number of ether oxygens (including phenoxy) is 3. The van der Waals surface area contributed by atoms with E-state index in [1.165, 1.54) is 18.9 Å². The molecule has 0 saturated heterocycles. The Morgan fingerprint density at radius 3 is 2.25 bits per heavy atom. The van der Waals surface area contributed by atoms with Gasteiger partial charge < -0.3 is 19.5 Å². The molecule has 0 fully saturated rings. The number of aromatic nitrogens is 5. The van der Waals surface area contributed by atoms with Crippen LogP contribution in [0.15, 0.2) is 53.7 Å². The lowest BCUT2D eigenvalue weighted by Gasteiger charge is -2.11. The van der Waals surface area contributed by atoms with Crippen LogP contribution in [0.3, 0.4) is 0 Å². The minimum atomic E-state index is -0.404. The molecule has 4 rings (SSSR count). The van der Waals surface area contributed by atoms with E-state index in [2.05, 4.69) is 25.6 Å². The van der Waals surface area contributed by atoms with Gasteiger partial charge in [0, 0.05) is 28.9 Å². The van der Waals surface area contributed by atoms with Gasteiger partial charge >= 0.3 is 0 Å². The summed E-state index contributed by atoms with van der Waals surface area (Å²) in [6, 6.07) is 14.4. The fourth-order valence-corrected chi connectivity index (χ4v) is 4.48. The Hall–Kier alpha value is -4.12. The summed E-state index contributed by atoms with van der Waals surface area (Å²) >= 11 is 1.41. The van der Waals surface area contributed by atoms with Crippen LogP contribution >= 0.6 is 11.8 Å². The lowest BCUT2D eigenvalue weighted by atomic mass is 10.2. The van der Waals surface area contributed by atoms with Gasteiger partial charge in [-0.3, -0.25) is 4.79 Å². The van der Waals surface area contributed by atoms with Gasteiger partial charge in [0.1, 0.15) is 5.75 Å². The van der Waals surface area contributed by atoms with Gasteiger partial charge in [0.25, 0.3) is 5.91 Å². The smallest absolute Gasteiger partial charge is 0.278 e. The number of amides is 1. The van der Waals surface area contributed by atoms with Crippen LogP contribution in [0.2, 0.25) is 0 Å². The third kappa shape index (κ3) is 5.57. The fourth-order valence-electron chi connectivity index (χ4n) is 3.53. The maximum absolute atomic E-state index is 13.3. The molecule has 0 spiro atoms. The van der Waals surface area contributed by atoms with Crippen molar-refractivity contribution in [2.75, 3.05) is 26.6 Å². The number of nitrogens with one attached hydrogen (secondary N) is 1. The Morgan fingerprint density at radius 1 is 0.917 bits per heavy atom. The molecule has 11 heteroatoms. The second kappa shape index (κ2) is 11.1. The Labute approximate surface area is 213 Å². The molecule has 2 aromatic carbocycles. The maximum atomic E-state index is 13.3. The molecule has 1 amide bonds. The highest BCUT2D eigenvalue weighted by atomic mass is 32.2. The van der Waals surface area contributed by atoms with E-state index in [0.29, 0.717) is 39.5 Å². The van der Waals surface area contributed by atoms with Crippen LogP contribution < -0.4 is 19.5 Å². The number of carbonyl (C=O) groups excluding carboxylic acids is 1. The van der Waals surface area contributed by atoms with Crippen LogP contribution in [0, 0.1) is 13.8 Å². The molecule has 0 unspecified atom stereocenters. The number of rotatable bonds is 9. The molecule has 0 saturated carbocycles. The number of anilines is 1. The highest BCUT2D eigenvalue weighted by Crippen LogP contribution is 2.30. The van der Waals surface area contributed by atoms with Crippen molar-refractivity contribution in [2.24, 2.45) is 0 Å². The zero-order chi connectivity index (χ0) is 25.7. The van der Waals surface area contributed by atoms with Gasteiger partial charge in [0.15, 0.2) is 22.3 Å². The molecule has 4 aromatic rings. The molecule has 0 atom stereocenters. The second-order valence-corrected chi connectivity index (χ2v) is 8.68. The Kier molecular flexibility index (Phi) is 7.69. The summed E-state index contributed by atoms with van der Waals surface area (Å²) in [5.41, 5.74) is 3.82. The van der Waals surface area contributed by atoms with E-state index in [4.69, 9.17) is 14.2 Å². The van der Waals surface area contributed by atoms with Crippen LogP contribution in [-0.2, 0) is 5.75 Å². The molecule has 1 N–H and O–H groups in total. The number of hydrogen-bond donors (Lipinski definition) is 1. The van der Waals surface area contributed by atoms with E-state index < -0.39 is 5.91 Å². The van der Waals surface area contributed by atoms with Crippen LogP contribution in [0.1, 0.15) is 27.6 Å². The minimum absolute atomic E-state index is 0.192. The summed E-state index contributed by atoms with van der Waals surface area (Å²) in [5, 5.41) is 12.0. The molecule has 36 heavy (non-hydrogen) atoms. The first kappa shape index (κ1) is 25.0. The summed E-state index contributed by atoms with van der Waals surface area (Å²) in [6.07, 6.45) is 0. The van der Waals surface area contributed by atoms with Crippen molar-refractivity contribution in [3.63, 3.8) is 0 Å². The number of nitrogens with zero attached hydrogens (tertiary/aromatic N) is 5. The number of benzene rings is 2. The van der Waals surface area contributed by atoms with Crippen LogP contribution in [0.4, 0.5) is 5.69 Å². The first-order chi connectivity index (χ1) is 17.4. The second-order valence-electron chi connectivity index (χ2n) is 7.74. The molecule has 2 aromatic heterocycles. The monoisotopic (exact) mass is 506 g/mol. The van der Waals surface area contributed by atoms with Crippen molar-refractivity contribution in [3.8, 4) is 22.9 Å². The van der Waals surface area contributed by atoms with Crippen LogP contribution in [-0.4, -0.2) is 52.2 Å². The van der Waals surface area contributed by atoms with Gasteiger partial charge in [-0.2, -0.15) is 0 Å². The molecule has 0 radical (unpaired) electrons. The summed E-state index contributed by atoms with van der Waals surface area (Å²) in [5.74, 6) is 1.74. The molecule has 0 aliphatic rings. The van der Waals surface area contributed by atoms with Crippen molar-refractivity contribution < 1.29 is 19.0 Å². The van der Waals surface area contributed by atoms with Gasteiger partial charge in [-0.1, -0.05) is 17.0 Å². The molecule has 2 heterocycles. The predicted molar refractivity (Wildman–Crippen MR) is 136 cm³/mol. The molecule has 10 nitrogen and oxygen atoms in total. The third-order valence-corrected chi connectivity index (χ3v) is 6.09. The van der Waals surface area contributed by atoms with E-state index in [0.717, 1.165) is 17.1 Å². The van der Waals surface area contributed by atoms with Crippen molar-refractivity contribution in [1.29, 1.82) is 0 Å². The Morgan fingerprint density at radius 2 is 1.61 bits per heavy atom. The first-order valence-corrected chi connectivity index (χ1v) is 12.0. The van der Waals surface area contributed by atoms with E-state index in [1.807, 2.05) is 44.2 Å². The van der Waals surface area contributed by atoms with Gasteiger partial charge in [-0.15, -0.1) is 5.10 Å². The van der Waals surface area contributed by atoms with Crippen molar-refractivity contribution in [3.05, 3.63) is 71.3 Å². The average Bonchev–Trinajstić information content (AvgIpc) is 3.31. The quantitative estimate of drug-likeness (QED) is 0.263. The topological polar surface area (TPSA) is 113 Å². The van der Waals surface area contributed by atoms with Crippen molar-refractivity contribution in [2.45, 2.75) is 24.8 Å². The Balaban J connectivity index is 1.66. The highest BCUT2D eigenvalue weighted by molar-refractivity contribution is 7.98. The van der Waals surface area contributed by atoms with E-state index in [-0.39, 0.29) is 5.69 Å². The van der Waals surface area contributed by atoms with Crippen molar-refractivity contribution >= 4 is 23.4 Å². The highest BCUT2D eigenvalue weighted by Gasteiger charge is 2.22. The fraction of sp³-hybridized carbons (Fsp3) is 0.240. The number of hydrogen-bond acceptors (Lipinski definition) is 9. The SMILES string of the molecule is COc1ccc(-n2nnc(C(=O)Nc3ccc(OC)c(OC)c3)c2CSc2nc(C)cc(C)n2)cc1. The standard InChI is InChI=1S/C25H26N6O4S/c1-15-12-16(2)27-25(26-15)36-14-20-23(29-30-31(20)18-7-9-19(33-3)10-8-18)24(32)28-17-6-11-21(34-4)22(13-17)35-5/h6-13H,14H2,1-5H3,(H,28,32). The molecular formula is C25H26N6O4S. The number of thioether (sulfide) groups is 1. The molecule has 0 bridgehead atoms. The predicted octanol–water partition coefficient (Wildman–Crippen LogP) is 4.24. The van der Waals surface area contributed by atoms with Crippen LogP contribution in [0.25, 0.3) is 5.69 Å². The summed E-state index contributed by atoms with van der Waals surface area (Å²) in [7, 11) is 4.69. The minimum Gasteiger partial charge on any atom is -0.497 e.